The Morgan fingerprint density at radius 3 is 2.93 bits per heavy atom. The number of hydrogen-bond donors (Lipinski definition) is 2. The second kappa shape index (κ2) is 4.05. The predicted octanol–water partition coefficient (Wildman–Crippen LogP) is 1.92. The molecule has 0 bridgehead atoms. The molecule has 0 amide bonds. The van der Waals surface area contributed by atoms with Crippen molar-refractivity contribution in [3.63, 3.8) is 0 Å². The minimum absolute atomic E-state index is 0.478. The molecule has 14 heavy (non-hydrogen) atoms. The number of hydrogen-bond acceptors (Lipinski definition) is 4. The third kappa shape index (κ3) is 1.78. The van der Waals surface area contributed by atoms with E-state index >= 15 is 0 Å². The Morgan fingerprint density at radius 2 is 2.29 bits per heavy atom. The molecule has 0 aromatic heterocycles. The molecule has 0 aliphatic carbocycles. The van der Waals surface area contributed by atoms with E-state index < -0.39 is 0 Å². The van der Waals surface area contributed by atoms with Gasteiger partial charge in [-0.05, 0) is 40.8 Å². The summed E-state index contributed by atoms with van der Waals surface area (Å²) in [7, 11) is 0. The van der Waals surface area contributed by atoms with Gasteiger partial charge in [0.1, 0.15) is 6.67 Å². The summed E-state index contributed by atoms with van der Waals surface area (Å²) in [5, 5.41) is 8.92. The van der Waals surface area contributed by atoms with E-state index in [2.05, 4.69) is 38.1 Å². The minimum atomic E-state index is 0.478. The second-order valence-electron chi connectivity index (χ2n) is 2.80. The quantitative estimate of drug-likeness (QED) is 0.648. The van der Waals surface area contributed by atoms with Gasteiger partial charge in [-0.25, -0.2) is 0 Å². The molecule has 0 fully saturated rings. The molecule has 0 saturated heterocycles. The van der Waals surface area contributed by atoms with Crippen LogP contribution >= 0.6 is 22.6 Å². The van der Waals surface area contributed by atoms with Crippen LogP contribution in [0.25, 0.3) is 0 Å². The highest BCUT2D eigenvalue weighted by molar-refractivity contribution is 14.1. The van der Waals surface area contributed by atoms with E-state index in [9.17, 15) is 0 Å². The summed E-state index contributed by atoms with van der Waals surface area (Å²) in [5.41, 5.74) is 4.49. The summed E-state index contributed by atoms with van der Waals surface area (Å²) >= 11 is 2.22. The lowest BCUT2D eigenvalue weighted by atomic mass is 10.1. The van der Waals surface area contributed by atoms with Crippen molar-refractivity contribution in [3.8, 4) is 0 Å². The number of rotatable bonds is 2. The summed E-state index contributed by atoms with van der Waals surface area (Å²) in [6.07, 6.45) is 1.71. The van der Waals surface area contributed by atoms with Crippen molar-refractivity contribution in [3.05, 3.63) is 27.3 Å². The molecule has 0 unspecified atom stereocenters. The SMILES string of the molecule is ONc1ccc(I)cc1C1=NCN=C1. The number of halogens is 1. The van der Waals surface area contributed by atoms with Crippen LogP contribution in [0.1, 0.15) is 5.56 Å². The number of benzene rings is 1. The van der Waals surface area contributed by atoms with Crippen molar-refractivity contribution in [2.75, 3.05) is 12.1 Å². The molecule has 0 saturated carbocycles. The maximum absolute atomic E-state index is 8.92. The van der Waals surface area contributed by atoms with Crippen molar-refractivity contribution < 1.29 is 5.21 Å². The summed E-state index contributed by atoms with van der Waals surface area (Å²) in [6, 6.07) is 5.68. The average Bonchev–Trinajstić information content (AvgIpc) is 2.70. The smallest absolute Gasteiger partial charge is 0.130 e. The summed E-state index contributed by atoms with van der Waals surface area (Å²) in [6.45, 7) is 0.478. The maximum atomic E-state index is 8.92. The van der Waals surface area contributed by atoms with Crippen LogP contribution in [-0.2, 0) is 0 Å². The number of anilines is 1. The zero-order valence-corrected chi connectivity index (χ0v) is 9.39. The highest BCUT2D eigenvalue weighted by Gasteiger charge is 2.10. The first kappa shape index (κ1) is 9.60. The molecule has 2 N–H and O–H groups in total. The van der Waals surface area contributed by atoms with Gasteiger partial charge in [-0.1, -0.05) is 0 Å². The molecular weight excluding hydrogens is 293 g/mol. The Kier molecular flexibility index (Phi) is 2.78. The van der Waals surface area contributed by atoms with Crippen LogP contribution in [0.15, 0.2) is 28.2 Å². The number of aliphatic imine (C=N–C) groups is 2. The van der Waals surface area contributed by atoms with E-state index in [-0.39, 0.29) is 0 Å². The van der Waals surface area contributed by atoms with Crippen LogP contribution in [0.2, 0.25) is 0 Å². The van der Waals surface area contributed by atoms with Gasteiger partial charge in [0.2, 0.25) is 0 Å². The average molecular weight is 301 g/mol. The molecule has 1 aliphatic heterocycles. The standard InChI is InChI=1S/C9H8IN3O/c10-6-1-2-8(13-14)7(3-6)9-4-11-5-12-9/h1-4,13-14H,5H2. The molecule has 4 nitrogen and oxygen atoms in total. The van der Waals surface area contributed by atoms with Crippen LogP contribution < -0.4 is 5.48 Å². The molecule has 1 aromatic rings. The molecule has 0 atom stereocenters. The fourth-order valence-corrected chi connectivity index (χ4v) is 1.76. The van der Waals surface area contributed by atoms with Crippen molar-refractivity contribution in [2.24, 2.45) is 9.98 Å². The molecule has 2 rings (SSSR count). The van der Waals surface area contributed by atoms with E-state index in [0.717, 1.165) is 14.8 Å². The monoisotopic (exact) mass is 301 g/mol. The minimum Gasteiger partial charge on any atom is -0.291 e. The zero-order chi connectivity index (χ0) is 9.97. The Morgan fingerprint density at radius 1 is 1.43 bits per heavy atom. The van der Waals surface area contributed by atoms with Crippen LogP contribution in [0, 0.1) is 3.57 Å². The fraction of sp³-hybridized carbons (Fsp3) is 0.111. The van der Waals surface area contributed by atoms with Crippen LogP contribution in [-0.4, -0.2) is 23.8 Å². The van der Waals surface area contributed by atoms with E-state index in [1.54, 1.807) is 6.21 Å². The van der Waals surface area contributed by atoms with Crippen molar-refractivity contribution in [1.82, 2.24) is 0 Å². The molecule has 0 radical (unpaired) electrons. The first-order valence-electron chi connectivity index (χ1n) is 4.05. The second-order valence-corrected chi connectivity index (χ2v) is 4.04. The van der Waals surface area contributed by atoms with Crippen LogP contribution in [0.5, 0.6) is 0 Å². The Bertz CT molecular complexity index is 415. The number of nitrogens with zero attached hydrogens (tertiary/aromatic N) is 2. The molecule has 5 heteroatoms. The van der Waals surface area contributed by atoms with Gasteiger partial charge in [-0.2, -0.15) is 0 Å². The maximum Gasteiger partial charge on any atom is 0.130 e. The van der Waals surface area contributed by atoms with Gasteiger partial charge in [0.05, 0.1) is 11.4 Å². The highest BCUT2D eigenvalue weighted by Crippen LogP contribution is 2.19. The van der Waals surface area contributed by atoms with Gasteiger partial charge in [0.15, 0.2) is 0 Å². The van der Waals surface area contributed by atoms with Gasteiger partial charge >= 0.3 is 0 Å². The predicted molar refractivity (Wildman–Crippen MR) is 64.5 cm³/mol. The Labute approximate surface area is 94.9 Å². The van der Waals surface area contributed by atoms with Gasteiger partial charge in [-0.15, -0.1) is 0 Å². The molecule has 1 aliphatic rings. The Balaban J connectivity index is 2.49. The fourth-order valence-electron chi connectivity index (χ4n) is 1.27. The lowest BCUT2D eigenvalue weighted by Crippen LogP contribution is -2.05. The first-order chi connectivity index (χ1) is 6.81. The Hall–Kier alpha value is -0.950. The lowest BCUT2D eigenvalue weighted by molar-refractivity contribution is 0.389. The van der Waals surface area contributed by atoms with Crippen molar-refractivity contribution >= 4 is 40.2 Å². The lowest BCUT2D eigenvalue weighted by Gasteiger charge is -2.06. The van der Waals surface area contributed by atoms with Gasteiger partial charge in [0, 0.05) is 15.3 Å². The topological polar surface area (TPSA) is 57.0 Å². The molecule has 0 spiro atoms. The number of nitrogens with one attached hydrogen (secondary N) is 1. The largest absolute Gasteiger partial charge is 0.291 e. The zero-order valence-electron chi connectivity index (χ0n) is 7.24. The normalized spacial score (nSPS) is 14.3. The van der Waals surface area contributed by atoms with Crippen LogP contribution in [0.4, 0.5) is 5.69 Å². The summed E-state index contributed by atoms with van der Waals surface area (Å²) < 4.78 is 1.10. The van der Waals surface area contributed by atoms with E-state index in [0.29, 0.717) is 12.4 Å². The van der Waals surface area contributed by atoms with Crippen molar-refractivity contribution in [1.29, 1.82) is 0 Å². The third-order valence-corrected chi connectivity index (χ3v) is 2.59. The third-order valence-electron chi connectivity index (χ3n) is 1.91. The molecular formula is C9H8IN3O. The molecule has 72 valence electrons. The summed E-state index contributed by atoms with van der Waals surface area (Å²) in [5.74, 6) is 0. The van der Waals surface area contributed by atoms with E-state index in [1.807, 2.05) is 18.2 Å². The summed E-state index contributed by atoms with van der Waals surface area (Å²) in [4.78, 5) is 8.20. The van der Waals surface area contributed by atoms with Gasteiger partial charge < -0.3 is 0 Å². The van der Waals surface area contributed by atoms with E-state index in [1.165, 1.54) is 0 Å². The highest BCUT2D eigenvalue weighted by atomic mass is 127. The van der Waals surface area contributed by atoms with Gasteiger partial charge in [0.25, 0.3) is 0 Å². The van der Waals surface area contributed by atoms with Crippen LogP contribution in [0.3, 0.4) is 0 Å². The van der Waals surface area contributed by atoms with E-state index in [4.69, 9.17) is 5.21 Å². The molecule has 1 aromatic carbocycles. The first-order valence-corrected chi connectivity index (χ1v) is 5.13. The van der Waals surface area contributed by atoms with Crippen molar-refractivity contribution in [2.45, 2.75) is 0 Å². The van der Waals surface area contributed by atoms with Gasteiger partial charge in [-0.3, -0.25) is 20.7 Å². The molecule has 1 heterocycles.